The summed E-state index contributed by atoms with van der Waals surface area (Å²) in [6.07, 6.45) is 0. The smallest absolute Gasteiger partial charge is 0.325 e. The van der Waals surface area contributed by atoms with E-state index < -0.39 is 12.0 Å². The number of phenolic OH excluding ortho intramolecular Hbond substituents is 1. The van der Waals surface area contributed by atoms with Crippen LogP contribution in [0, 0.1) is 13.8 Å². The summed E-state index contributed by atoms with van der Waals surface area (Å²) >= 11 is 0. The largest absolute Gasteiger partial charge is 0.507 e. The average molecular weight is 251 g/mol. The molecule has 1 atom stereocenters. The molecule has 18 heavy (non-hydrogen) atoms. The van der Waals surface area contributed by atoms with Crippen LogP contribution in [0.3, 0.4) is 0 Å². The fraction of sp³-hybridized carbons (Fsp3) is 0.500. The van der Waals surface area contributed by atoms with E-state index >= 15 is 0 Å². The van der Waals surface area contributed by atoms with Gasteiger partial charge in [-0.1, -0.05) is 26.0 Å². The highest BCUT2D eigenvalue weighted by atomic mass is 16.4. The molecule has 0 aromatic heterocycles. The second-order valence-electron chi connectivity index (χ2n) is 4.47. The van der Waals surface area contributed by atoms with E-state index in [9.17, 15) is 15.0 Å². The topological polar surface area (TPSA) is 60.8 Å². The number of benzene rings is 1. The van der Waals surface area contributed by atoms with Crippen LogP contribution in [0.2, 0.25) is 0 Å². The van der Waals surface area contributed by atoms with Crippen LogP contribution in [0.5, 0.6) is 5.75 Å². The van der Waals surface area contributed by atoms with E-state index in [2.05, 4.69) is 0 Å². The number of likely N-dealkylation sites (N-methyl/N-ethyl adjacent to an activating group) is 1. The molecule has 4 heteroatoms. The zero-order valence-electron chi connectivity index (χ0n) is 11.4. The summed E-state index contributed by atoms with van der Waals surface area (Å²) in [6, 6.07) is 2.84. The van der Waals surface area contributed by atoms with Gasteiger partial charge in [0.15, 0.2) is 0 Å². The Morgan fingerprint density at radius 1 is 1.22 bits per heavy atom. The molecule has 100 valence electrons. The Morgan fingerprint density at radius 3 is 2.00 bits per heavy atom. The average Bonchev–Trinajstić information content (AvgIpc) is 2.31. The summed E-state index contributed by atoms with van der Waals surface area (Å²) in [5, 5.41) is 19.1. The molecule has 0 aliphatic rings. The molecule has 0 fully saturated rings. The van der Waals surface area contributed by atoms with Crippen LogP contribution in [0.1, 0.15) is 36.6 Å². The van der Waals surface area contributed by atoms with Gasteiger partial charge in [0.1, 0.15) is 11.8 Å². The first-order valence-electron chi connectivity index (χ1n) is 6.19. The van der Waals surface area contributed by atoms with Crippen molar-refractivity contribution in [3.8, 4) is 5.75 Å². The SMILES string of the molecule is CCN(CC)C(C(=O)O)c1cc(C)c(O)c(C)c1. The molecular weight excluding hydrogens is 230 g/mol. The van der Waals surface area contributed by atoms with Crippen molar-refractivity contribution in [3.05, 3.63) is 28.8 Å². The van der Waals surface area contributed by atoms with Gasteiger partial charge in [-0.05, 0) is 43.6 Å². The highest BCUT2D eigenvalue weighted by molar-refractivity contribution is 5.76. The highest BCUT2D eigenvalue weighted by Gasteiger charge is 2.26. The standard InChI is InChI=1S/C14H21NO3/c1-5-15(6-2)12(14(17)18)11-7-9(3)13(16)10(4)8-11/h7-8,12,16H,5-6H2,1-4H3,(H,17,18). The predicted octanol–water partition coefficient (Wildman–Crippen LogP) is 2.48. The fourth-order valence-corrected chi connectivity index (χ4v) is 2.25. The Hall–Kier alpha value is -1.55. The van der Waals surface area contributed by atoms with Crippen molar-refractivity contribution >= 4 is 5.97 Å². The Morgan fingerprint density at radius 2 is 1.67 bits per heavy atom. The van der Waals surface area contributed by atoms with Gasteiger partial charge in [-0.2, -0.15) is 0 Å². The lowest BCUT2D eigenvalue weighted by atomic mass is 9.99. The van der Waals surface area contributed by atoms with Crippen LogP contribution < -0.4 is 0 Å². The fourth-order valence-electron chi connectivity index (χ4n) is 2.25. The summed E-state index contributed by atoms with van der Waals surface area (Å²) in [5.74, 6) is -0.620. The van der Waals surface area contributed by atoms with Crippen LogP contribution in [-0.2, 0) is 4.79 Å². The molecule has 1 unspecified atom stereocenters. The monoisotopic (exact) mass is 251 g/mol. The Bertz CT molecular complexity index is 416. The Balaban J connectivity index is 3.26. The summed E-state index contributed by atoms with van der Waals surface area (Å²) in [5.41, 5.74) is 2.14. The molecule has 4 nitrogen and oxygen atoms in total. The number of aliphatic carboxylic acids is 1. The number of aryl methyl sites for hydroxylation is 2. The third-order valence-corrected chi connectivity index (χ3v) is 3.24. The molecule has 0 amide bonds. The van der Waals surface area contributed by atoms with Crippen molar-refractivity contribution in [1.29, 1.82) is 0 Å². The number of hydrogen-bond acceptors (Lipinski definition) is 3. The first-order valence-corrected chi connectivity index (χ1v) is 6.19. The van der Waals surface area contributed by atoms with Gasteiger partial charge in [-0.25, -0.2) is 0 Å². The van der Waals surface area contributed by atoms with Crippen molar-refractivity contribution < 1.29 is 15.0 Å². The predicted molar refractivity (Wildman–Crippen MR) is 70.9 cm³/mol. The quantitative estimate of drug-likeness (QED) is 0.844. The Kier molecular flexibility index (Phi) is 4.73. The number of carboxylic acids is 1. The maximum atomic E-state index is 11.5. The van der Waals surface area contributed by atoms with Gasteiger partial charge in [0.2, 0.25) is 0 Å². The molecular formula is C14H21NO3. The van der Waals surface area contributed by atoms with E-state index in [0.717, 1.165) is 5.56 Å². The maximum Gasteiger partial charge on any atom is 0.325 e. The van der Waals surface area contributed by atoms with Gasteiger partial charge >= 0.3 is 5.97 Å². The molecule has 0 radical (unpaired) electrons. The second-order valence-corrected chi connectivity index (χ2v) is 4.47. The van der Waals surface area contributed by atoms with Gasteiger partial charge in [-0.3, -0.25) is 9.69 Å². The first kappa shape index (κ1) is 14.5. The minimum Gasteiger partial charge on any atom is -0.507 e. The molecule has 0 spiro atoms. The molecule has 0 saturated heterocycles. The summed E-state index contributed by atoms with van der Waals surface area (Å²) < 4.78 is 0. The van der Waals surface area contributed by atoms with Gasteiger partial charge in [0, 0.05) is 0 Å². The number of hydrogen-bond donors (Lipinski definition) is 2. The molecule has 1 aromatic carbocycles. The summed E-state index contributed by atoms with van der Waals surface area (Å²) in [7, 11) is 0. The lowest BCUT2D eigenvalue weighted by molar-refractivity contribution is -0.143. The third-order valence-electron chi connectivity index (χ3n) is 3.24. The van der Waals surface area contributed by atoms with Gasteiger partial charge in [-0.15, -0.1) is 0 Å². The maximum absolute atomic E-state index is 11.5. The van der Waals surface area contributed by atoms with E-state index in [1.54, 1.807) is 26.0 Å². The molecule has 1 aromatic rings. The lowest BCUT2D eigenvalue weighted by Gasteiger charge is -2.27. The highest BCUT2D eigenvalue weighted by Crippen LogP contribution is 2.29. The zero-order valence-corrected chi connectivity index (χ0v) is 11.4. The number of nitrogens with zero attached hydrogens (tertiary/aromatic N) is 1. The van der Waals surface area contributed by atoms with Crippen molar-refractivity contribution in [2.75, 3.05) is 13.1 Å². The van der Waals surface area contributed by atoms with E-state index in [-0.39, 0.29) is 5.75 Å². The van der Waals surface area contributed by atoms with E-state index in [1.807, 2.05) is 18.7 Å². The second kappa shape index (κ2) is 5.87. The minimum atomic E-state index is -0.858. The number of carboxylic acid groups (broad SMARTS) is 1. The molecule has 2 N–H and O–H groups in total. The van der Waals surface area contributed by atoms with E-state index in [4.69, 9.17) is 0 Å². The Labute approximate surface area is 108 Å². The lowest BCUT2D eigenvalue weighted by Crippen LogP contribution is -2.34. The molecule has 0 aliphatic heterocycles. The van der Waals surface area contributed by atoms with Crippen molar-refractivity contribution in [3.63, 3.8) is 0 Å². The summed E-state index contributed by atoms with van der Waals surface area (Å²) in [6.45, 7) is 8.80. The normalized spacial score (nSPS) is 12.7. The van der Waals surface area contributed by atoms with Gasteiger partial charge in [0.05, 0.1) is 0 Å². The van der Waals surface area contributed by atoms with Crippen LogP contribution in [0.4, 0.5) is 0 Å². The number of phenols is 1. The van der Waals surface area contributed by atoms with Gasteiger partial charge < -0.3 is 10.2 Å². The van der Waals surface area contributed by atoms with E-state index in [0.29, 0.717) is 24.2 Å². The summed E-state index contributed by atoms with van der Waals surface area (Å²) in [4.78, 5) is 13.3. The molecule has 0 saturated carbocycles. The van der Waals surface area contributed by atoms with Crippen molar-refractivity contribution in [1.82, 2.24) is 4.90 Å². The van der Waals surface area contributed by atoms with Crippen LogP contribution in [0.15, 0.2) is 12.1 Å². The number of carbonyl (C=O) groups is 1. The first-order chi connectivity index (χ1) is 8.42. The third kappa shape index (κ3) is 2.82. The van der Waals surface area contributed by atoms with Crippen LogP contribution in [0.25, 0.3) is 0 Å². The van der Waals surface area contributed by atoms with E-state index in [1.165, 1.54) is 0 Å². The van der Waals surface area contributed by atoms with Gasteiger partial charge in [0.25, 0.3) is 0 Å². The molecule has 1 rings (SSSR count). The van der Waals surface area contributed by atoms with Crippen LogP contribution in [-0.4, -0.2) is 34.2 Å². The molecule has 0 bridgehead atoms. The molecule has 0 aliphatic carbocycles. The molecule has 0 heterocycles. The van der Waals surface area contributed by atoms with Crippen molar-refractivity contribution in [2.45, 2.75) is 33.7 Å². The number of aromatic hydroxyl groups is 1. The zero-order chi connectivity index (χ0) is 13.9. The van der Waals surface area contributed by atoms with Crippen LogP contribution >= 0.6 is 0 Å². The minimum absolute atomic E-state index is 0.238. The number of rotatable bonds is 5. The van der Waals surface area contributed by atoms with Crippen molar-refractivity contribution in [2.24, 2.45) is 0 Å².